The van der Waals surface area contributed by atoms with Crippen molar-refractivity contribution in [2.24, 2.45) is 0 Å². The van der Waals surface area contributed by atoms with Crippen molar-refractivity contribution in [1.29, 1.82) is 5.26 Å². The fourth-order valence-corrected chi connectivity index (χ4v) is 11.1. The van der Waals surface area contributed by atoms with Gasteiger partial charge in [-0.1, -0.05) is 80.6 Å². The molecule has 0 saturated carbocycles. The predicted molar refractivity (Wildman–Crippen MR) is 189 cm³/mol. The van der Waals surface area contributed by atoms with Crippen LogP contribution in [0.25, 0.3) is 17.0 Å². The molecule has 0 aliphatic heterocycles. The van der Waals surface area contributed by atoms with Gasteiger partial charge in [0.15, 0.2) is 5.82 Å². The van der Waals surface area contributed by atoms with Crippen LogP contribution in [0.3, 0.4) is 0 Å². The zero-order valence-corrected chi connectivity index (χ0v) is 27.8. The summed E-state index contributed by atoms with van der Waals surface area (Å²) in [6.45, 7) is 4.35. The highest BCUT2D eigenvalue weighted by Crippen LogP contribution is 2.50. The first kappa shape index (κ1) is 31.2. The maximum absolute atomic E-state index is 14.9. The van der Waals surface area contributed by atoms with Gasteiger partial charge in [0.1, 0.15) is 12.1 Å². The molecule has 1 aliphatic carbocycles. The van der Waals surface area contributed by atoms with Crippen molar-refractivity contribution in [3.8, 4) is 12.0 Å². The van der Waals surface area contributed by atoms with Crippen molar-refractivity contribution >= 4 is 41.2 Å². The minimum Gasteiger partial charge on any atom is -0.424 e. The van der Waals surface area contributed by atoms with Crippen LogP contribution >= 0.6 is 0 Å². The molecule has 48 heavy (non-hydrogen) atoms. The molecule has 0 radical (unpaired) electrons. The lowest BCUT2D eigenvalue weighted by atomic mass is 9.76. The number of nitrogens with two attached hydrogens (primary N) is 1. The molecule has 4 N–H and O–H groups in total. The molecule has 0 saturated heterocycles. The standard InChI is InChI=1S/C38H36FN7OSi/c1-38(2,48(47,28-9-5-3-6-10-28)29-11-7-4-8-12-29)21-26-14-18-33(31-20-27(39)15-16-30(26)31)44-36-32(41)23-42-37(45-36)46-24-43-34-17-13-25(22-40)19-35(34)46/h3-13,15-17,19-20,23-24,26,33,47H,14,18,21,41H2,1-2H3,(H,42,44,45)/t26-,33+/m0/s1. The van der Waals surface area contributed by atoms with Crippen LogP contribution in [0.5, 0.6) is 0 Å². The number of rotatable bonds is 8. The average molecular weight is 654 g/mol. The lowest BCUT2D eigenvalue weighted by molar-refractivity contribution is 0.398. The number of nitrogen functional groups attached to an aromatic ring is 1. The van der Waals surface area contributed by atoms with E-state index in [4.69, 9.17) is 10.7 Å². The Bertz CT molecular complexity index is 2110. The van der Waals surface area contributed by atoms with E-state index in [0.717, 1.165) is 34.3 Å². The number of benzene rings is 4. The third-order valence-corrected chi connectivity index (χ3v) is 14.3. The van der Waals surface area contributed by atoms with E-state index in [1.165, 1.54) is 6.07 Å². The molecular weight excluding hydrogens is 618 g/mol. The molecule has 2 heterocycles. The van der Waals surface area contributed by atoms with Crippen LogP contribution in [-0.2, 0) is 0 Å². The van der Waals surface area contributed by atoms with Gasteiger partial charge in [-0.3, -0.25) is 4.57 Å². The number of nitrogens with one attached hydrogen (secondary N) is 1. The van der Waals surface area contributed by atoms with Gasteiger partial charge in [0.05, 0.1) is 40.6 Å². The van der Waals surface area contributed by atoms with Crippen molar-refractivity contribution in [3.63, 3.8) is 0 Å². The fraction of sp³-hybridized carbons (Fsp3) is 0.211. The van der Waals surface area contributed by atoms with Gasteiger partial charge in [-0.2, -0.15) is 10.2 Å². The summed E-state index contributed by atoms with van der Waals surface area (Å²) in [7, 11) is -3.24. The molecule has 0 amide bonds. The van der Waals surface area contributed by atoms with Crippen molar-refractivity contribution in [2.45, 2.75) is 50.1 Å². The Morgan fingerprint density at radius 2 is 1.67 bits per heavy atom. The summed E-state index contributed by atoms with van der Waals surface area (Å²) in [5.74, 6) is 0.581. The highest BCUT2D eigenvalue weighted by Gasteiger charge is 2.51. The number of nitriles is 1. The average Bonchev–Trinajstić information content (AvgIpc) is 3.53. The van der Waals surface area contributed by atoms with E-state index in [2.05, 4.69) is 35.2 Å². The van der Waals surface area contributed by atoms with Crippen molar-refractivity contribution in [1.82, 2.24) is 19.5 Å². The maximum Gasteiger partial charge on any atom is 0.258 e. The van der Waals surface area contributed by atoms with Gasteiger partial charge in [-0.25, -0.2) is 14.4 Å². The van der Waals surface area contributed by atoms with E-state index in [-0.39, 0.29) is 17.8 Å². The summed E-state index contributed by atoms with van der Waals surface area (Å²) in [6, 6.07) is 32.3. The summed E-state index contributed by atoms with van der Waals surface area (Å²) in [5, 5.41) is 14.4. The van der Waals surface area contributed by atoms with Crippen LogP contribution in [0.4, 0.5) is 15.9 Å². The van der Waals surface area contributed by atoms with Gasteiger partial charge in [0.25, 0.3) is 8.32 Å². The Balaban J connectivity index is 1.21. The van der Waals surface area contributed by atoms with Crippen molar-refractivity contribution in [2.75, 3.05) is 11.1 Å². The molecule has 0 fully saturated rings. The van der Waals surface area contributed by atoms with E-state index in [1.54, 1.807) is 41.4 Å². The number of anilines is 2. The Labute approximate surface area is 279 Å². The number of hydrogen-bond donors (Lipinski definition) is 3. The highest BCUT2D eigenvalue weighted by molar-refractivity contribution is 6.98. The summed E-state index contributed by atoms with van der Waals surface area (Å²) in [4.78, 5) is 26.4. The van der Waals surface area contributed by atoms with E-state index in [1.807, 2.05) is 66.7 Å². The SMILES string of the molecule is CC(C)(C[C@@H]1CC[C@@H](Nc2nc(-n3cnc4ccc(C#N)cc43)ncc2N)c2cc(F)ccc21)[Si](O)(c1ccccc1)c1ccccc1. The topological polar surface area (TPSA) is 126 Å². The lowest BCUT2D eigenvalue weighted by Crippen LogP contribution is -2.65. The van der Waals surface area contributed by atoms with Gasteiger partial charge in [-0.05, 0) is 82.1 Å². The second-order valence-electron chi connectivity index (χ2n) is 13.2. The van der Waals surface area contributed by atoms with E-state index in [9.17, 15) is 14.4 Å². The smallest absolute Gasteiger partial charge is 0.258 e. The minimum atomic E-state index is -3.24. The molecule has 2 atom stereocenters. The third kappa shape index (κ3) is 5.51. The van der Waals surface area contributed by atoms with Crippen LogP contribution in [-0.4, -0.2) is 32.6 Å². The van der Waals surface area contributed by atoms with Gasteiger partial charge < -0.3 is 15.8 Å². The highest BCUT2D eigenvalue weighted by atomic mass is 28.4. The third-order valence-electron chi connectivity index (χ3n) is 9.79. The predicted octanol–water partition coefficient (Wildman–Crippen LogP) is 6.36. The molecule has 0 bridgehead atoms. The normalized spacial score (nSPS) is 16.3. The summed E-state index contributed by atoms with van der Waals surface area (Å²) < 4.78 is 16.6. The molecule has 10 heteroatoms. The molecule has 240 valence electrons. The molecule has 1 aliphatic rings. The Morgan fingerprint density at radius 1 is 0.958 bits per heavy atom. The number of fused-ring (bicyclic) bond motifs is 2. The van der Waals surface area contributed by atoms with E-state index >= 15 is 0 Å². The van der Waals surface area contributed by atoms with Gasteiger partial charge in [-0.15, -0.1) is 0 Å². The summed E-state index contributed by atoms with van der Waals surface area (Å²) >= 11 is 0. The number of hydrogen-bond acceptors (Lipinski definition) is 7. The molecule has 0 unspecified atom stereocenters. The molecular formula is C38H36FN7OSi. The fourth-order valence-electron chi connectivity index (χ4n) is 7.35. The number of nitrogens with zero attached hydrogens (tertiary/aromatic N) is 5. The Morgan fingerprint density at radius 3 is 2.35 bits per heavy atom. The lowest BCUT2D eigenvalue weighted by Gasteiger charge is -2.44. The van der Waals surface area contributed by atoms with Crippen molar-refractivity contribution < 1.29 is 9.19 Å². The maximum atomic E-state index is 14.9. The van der Waals surface area contributed by atoms with Crippen LogP contribution < -0.4 is 21.4 Å². The zero-order chi connectivity index (χ0) is 33.5. The van der Waals surface area contributed by atoms with Crippen LogP contribution in [0.15, 0.2) is 110 Å². The monoisotopic (exact) mass is 653 g/mol. The number of halogens is 1. The second-order valence-corrected chi connectivity index (χ2v) is 17.1. The first-order valence-corrected chi connectivity index (χ1v) is 18.0. The Kier molecular flexibility index (Phi) is 8.03. The first-order valence-electron chi connectivity index (χ1n) is 16.1. The molecule has 7 rings (SSSR count). The van der Waals surface area contributed by atoms with Gasteiger partial charge >= 0.3 is 0 Å². The number of imidazole rings is 1. The Hall–Kier alpha value is -5.37. The van der Waals surface area contributed by atoms with E-state index < -0.39 is 13.4 Å². The largest absolute Gasteiger partial charge is 0.424 e. The minimum absolute atomic E-state index is 0.102. The molecule has 4 aromatic carbocycles. The van der Waals surface area contributed by atoms with Crippen LogP contribution in [0.2, 0.25) is 5.04 Å². The first-order chi connectivity index (χ1) is 23.2. The van der Waals surface area contributed by atoms with Gasteiger partial charge in [0.2, 0.25) is 5.95 Å². The zero-order valence-electron chi connectivity index (χ0n) is 26.8. The van der Waals surface area contributed by atoms with Crippen LogP contribution in [0.1, 0.15) is 61.8 Å². The van der Waals surface area contributed by atoms with Crippen LogP contribution in [0, 0.1) is 17.1 Å². The molecule has 2 aromatic heterocycles. The number of aromatic nitrogens is 4. The molecule has 8 nitrogen and oxygen atoms in total. The molecule has 0 spiro atoms. The second kappa shape index (κ2) is 12.3. The van der Waals surface area contributed by atoms with Crippen molar-refractivity contribution in [3.05, 3.63) is 132 Å². The molecule has 6 aromatic rings. The van der Waals surface area contributed by atoms with Gasteiger partial charge in [0, 0.05) is 0 Å². The van der Waals surface area contributed by atoms with E-state index in [0.29, 0.717) is 40.5 Å². The summed E-state index contributed by atoms with van der Waals surface area (Å²) in [5.41, 5.74) is 10.6. The summed E-state index contributed by atoms with van der Waals surface area (Å²) in [6.07, 6.45) is 5.43. The quantitative estimate of drug-likeness (QED) is 0.163.